The first-order valence-electron chi connectivity index (χ1n) is 4.58. The predicted molar refractivity (Wildman–Crippen MR) is 57.9 cm³/mol. The van der Waals surface area contributed by atoms with Crippen molar-refractivity contribution >= 4 is 22.7 Å². The van der Waals surface area contributed by atoms with Gasteiger partial charge in [-0.2, -0.15) is 0 Å². The Kier molecular flexibility index (Phi) is 6.56. The second-order valence-corrected chi connectivity index (χ2v) is 3.39. The molecule has 2 N–H and O–H groups in total. The van der Waals surface area contributed by atoms with E-state index in [1.807, 2.05) is 0 Å². The van der Waals surface area contributed by atoms with Crippen LogP contribution in [0.15, 0.2) is 36.4 Å². The fourth-order valence-electron chi connectivity index (χ4n) is 1.51. The van der Waals surface area contributed by atoms with Crippen LogP contribution in [0.5, 0.6) is 0 Å². The molecular formula is C12H8Ag2O4. The van der Waals surface area contributed by atoms with Crippen LogP contribution in [-0.2, 0) is 44.8 Å². The van der Waals surface area contributed by atoms with Gasteiger partial charge < -0.3 is 10.2 Å². The molecule has 2 radical (unpaired) electrons. The second-order valence-electron chi connectivity index (χ2n) is 3.39. The molecule has 2 rings (SSSR count). The molecule has 2 aromatic carbocycles. The molecule has 4 nitrogen and oxygen atoms in total. The molecular weight excluding hydrogens is 424 g/mol. The van der Waals surface area contributed by atoms with Crippen LogP contribution < -0.4 is 0 Å². The summed E-state index contributed by atoms with van der Waals surface area (Å²) in [6.07, 6.45) is 0. The van der Waals surface area contributed by atoms with Crippen LogP contribution in [0.3, 0.4) is 0 Å². The number of aromatic carboxylic acids is 2. The molecule has 0 unspecified atom stereocenters. The Morgan fingerprint density at radius 1 is 0.722 bits per heavy atom. The summed E-state index contributed by atoms with van der Waals surface area (Å²) in [5, 5.41) is 19.0. The Morgan fingerprint density at radius 2 is 1.06 bits per heavy atom. The van der Waals surface area contributed by atoms with Gasteiger partial charge in [0.15, 0.2) is 0 Å². The first-order chi connectivity index (χ1) is 7.58. The molecule has 102 valence electrons. The van der Waals surface area contributed by atoms with Crippen LogP contribution in [0.25, 0.3) is 10.8 Å². The van der Waals surface area contributed by atoms with Crippen molar-refractivity contribution in [2.24, 2.45) is 0 Å². The van der Waals surface area contributed by atoms with Crippen molar-refractivity contribution in [1.82, 2.24) is 0 Å². The van der Waals surface area contributed by atoms with Crippen molar-refractivity contribution in [3.05, 3.63) is 47.5 Å². The van der Waals surface area contributed by atoms with Crippen molar-refractivity contribution in [2.45, 2.75) is 0 Å². The van der Waals surface area contributed by atoms with Gasteiger partial charge in [0.05, 0.1) is 11.1 Å². The minimum atomic E-state index is -0.996. The van der Waals surface area contributed by atoms with E-state index >= 15 is 0 Å². The van der Waals surface area contributed by atoms with Crippen LogP contribution >= 0.6 is 0 Å². The Bertz CT molecular complexity index is 542. The summed E-state index contributed by atoms with van der Waals surface area (Å²) < 4.78 is 0. The minimum Gasteiger partial charge on any atom is -0.478 e. The second kappa shape index (κ2) is 6.89. The Balaban J connectivity index is 0.00000144. The summed E-state index contributed by atoms with van der Waals surface area (Å²) in [6.45, 7) is 0. The third-order valence-electron chi connectivity index (χ3n) is 2.33. The summed E-state index contributed by atoms with van der Waals surface area (Å²) in [7, 11) is 0. The van der Waals surface area contributed by atoms with Crippen LogP contribution in [0.4, 0.5) is 0 Å². The molecule has 18 heavy (non-hydrogen) atoms. The third kappa shape index (κ3) is 3.56. The molecule has 0 spiro atoms. The number of hydrogen-bond acceptors (Lipinski definition) is 2. The molecule has 2 aromatic rings. The predicted octanol–water partition coefficient (Wildman–Crippen LogP) is 2.23. The van der Waals surface area contributed by atoms with Crippen LogP contribution in [0, 0.1) is 0 Å². The van der Waals surface area contributed by atoms with E-state index in [1.54, 1.807) is 12.1 Å². The molecule has 0 saturated heterocycles. The topological polar surface area (TPSA) is 74.6 Å². The Hall–Kier alpha value is -0.879. The fourth-order valence-corrected chi connectivity index (χ4v) is 1.51. The van der Waals surface area contributed by atoms with Crippen molar-refractivity contribution in [1.29, 1.82) is 0 Å². The normalized spacial score (nSPS) is 9.11. The van der Waals surface area contributed by atoms with Gasteiger partial charge in [0.25, 0.3) is 0 Å². The number of carboxylic acid groups (broad SMARTS) is 2. The summed E-state index contributed by atoms with van der Waals surface area (Å²) in [4.78, 5) is 21.5. The maximum absolute atomic E-state index is 10.7. The Labute approximate surface area is 134 Å². The zero-order chi connectivity index (χ0) is 11.7. The molecule has 0 fully saturated rings. The van der Waals surface area contributed by atoms with Crippen molar-refractivity contribution < 1.29 is 64.6 Å². The minimum absolute atomic E-state index is 0. The standard InChI is InChI=1S/C12H8O4.2Ag/c13-11(14)9-3-1-7-5-10(12(15)16)4-2-8(7)6-9;;/h1-6H,(H,13,14)(H,15,16);;. The molecule has 6 heteroatoms. The fraction of sp³-hybridized carbons (Fsp3) is 0. The number of benzene rings is 2. The molecule has 0 aromatic heterocycles. The number of hydrogen-bond donors (Lipinski definition) is 2. The van der Waals surface area contributed by atoms with Crippen LogP contribution in [0.2, 0.25) is 0 Å². The van der Waals surface area contributed by atoms with E-state index in [2.05, 4.69) is 0 Å². The van der Waals surface area contributed by atoms with Gasteiger partial charge in [-0.25, -0.2) is 9.59 Å². The number of carbonyl (C=O) groups is 2. The number of carboxylic acids is 2. The monoisotopic (exact) mass is 430 g/mol. The summed E-state index contributed by atoms with van der Waals surface area (Å²) in [6, 6.07) is 9.15. The molecule has 0 amide bonds. The first kappa shape index (κ1) is 17.1. The van der Waals surface area contributed by atoms with E-state index in [4.69, 9.17) is 10.2 Å². The van der Waals surface area contributed by atoms with E-state index < -0.39 is 11.9 Å². The van der Waals surface area contributed by atoms with Crippen molar-refractivity contribution in [3.8, 4) is 0 Å². The number of fused-ring (bicyclic) bond motifs is 1. The summed E-state index contributed by atoms with van der Waals surface area (Å²) >= 11 is 0. The van der Waals surface area contributed by atoms with Gasteiger partial charge in [-0.05, 0) is 35.0 Å². The maximum Gasteiger partial charge on any atom is 0.335 e. The van der Waals surface area contributed by atoms with Crippen LogP contribution in [0.1, 0.15) is 20.7 Å². The smallest absolute Gasteiger partial charge is 0.335 e. The van der Waals surface area contributed by atoms with Gasteiger partial charge in [0.2, 0.25) is 0 Å². The zero-order valence-corrected chi connectivity index (χ0v) is 11.7. The molecule has 0 aliphatic carbocycles. The van der Waals surface area contributed by atoms with Crippen molar-refractivity contribution in [2.75, 3.05) is 0 Å². The SMILES string of the molecule is O=C(O)c1ccc2cc(C(=O)O)ccc2c1.[Ag].[Ag]. The largest absolute Gasteiger partial charge is 0.478 e. The average molecular weight is 432 g/mol. The summed E-state index contributed by atoms with van der Waals surface area (Å²) in [5.74, 6) is -1.99. The van der Waals surface area contributed by atoms with E-state index in [0.717, 1.165) is 0 Å². The number of rotatable bonds is 2. The van der Waals surface area contributed by atoms with E-state index in [1.165, 1.54) is 24.3 Å². The average Bonchev–Trinajstić information content (AvgIpc) is 2.27. The van der Waals surface area contributed by atoms with E-state index in [0.29, 0.717) is 10.8 Å². The van der Waals surface area contributed by atoms with Gasteiger partial charge in [0.1, 0.15) is 0 Å². The van der Waals surface area contributed by atoms with Gasteiger partial charge in [-0.3, -0.25) is 0 Å². The van der Waals surface area contributed by atoms with Gasteiger partial charge in [0, 0.05) is 44.8 Å². The third-order valence-corrected chi connectivity index (χ3v) is 2.33. The zero-order valence-electron chi connectivity index (χ0n) is 8.78. The first-order valence-corrected chi connectivity index (χ1v) is 4.58. The molecule has 0 heterocycles. The van der Waals surface area contributed by atoms with Crippen molar-refractivity contribution in [3.63, 3.8) is 0 Å². The van der Waals surface area contributed by atoms with Gasteiger partial charge >= 0.3 is 11.9 Å². The molecule has 0 aliphatic heterocycles. The molecule has 0 bridgehead atoms. The van der Waals surface area contributed by atoms with E-state index in [9.17, 15) is 9.59 Å². The summed E-state index contributed by atoms with van der Waals surface area (Å²) in [5.41, 5.74) is 0.381. The quantitative estimate of drug-likeness (QED) is 0.715. The Morgan fingerprint density at radius 3 is 1.33 bits per heavy atom. The van der Waals surface area contributed by atoms with Gasteiger partial charge in [-0.1, -0.05) is 12.1 Å². The maximum atomic E-state index is 10.7. The molecule has 0 aliphatic rings. The van der Waals surface area contributed by atoms with Gasteiger partial charge in [-0.15, -0.1) is 0 Å². The van der Waals surface area contributed by atoms with Crippen LogP contribution in [-0.4, -0.2) is 22.2 Å². The van der Waals surface area contributed by atoms with E-state index in [-0.39, 0.29) is 55.9 Å². The molecule has 0 atom stereocenters. The molecule has 0 saturated carbocycles.